The first kappa shape index (κ1) is 27.7. The molecule has 2 fully saturated rings. The number of aryl methyl sites for hydroxylation is 2. The van der Waals surface area contributed by atoms with Crippen LogP contribution < -0.4 is 10.2 Å². The molecule has 2 aliphatic carbocycles. The lowest BCUT2D eigenvalue weighted by Gasteiger charge is -2.35. The molecule has 2 saturated carbocycles. The summed E-state index contributed by atoms with van der Waals surface area (Å²) in [6.07, 6.45) is 15.8. The number of anilines is 1. The molecule has 1 unspecified atom stereocenters. The van der Waals surface area contributed by atoms with E-state index in [-0.39, 0.29) is 17.4 Å². The molecule has 194 valence electrons. The molecule has 1 amide bonds. The van der Waals surface area contributed by atoms with Crippen molar-refractivity contribution in [1.29, 1.82) is 0 Å². The minimum absolute atomic E-state index is 0.0440. The van der Waals surface area contributed by atoms with Crippen LogP contribution in [0.2, 0.25) is 0 Å². The van der Waals surface area contributed by atoms with Crippen LogP contribution in [0.3, 0.4) is 0 Å². The molecule has 0 saturated heterocycles. The van der Waals surface area contributed by atoms with Gasteiger partial charge in [0, 0.05) is 36.9 Å². The molecule has 3 aliphatic rings. The summed E-state index contributed by atoms with van der Waals surface area (Å²) in [4.78, 5) is 36.4. The third-order valence-corrected chi connectivity index (χ3v) is 8.17. The Morgan fingerprint density at radius 1 is 0.971 bits per heavy atom. The average molecular weight is 503 g/mol. The van der Waals surface area contributed by atoms with E-state index < -0.39 is 12.0 Å². The average Bonchev–Trinajstić information content (AvgIpc) is 2.84. The highest BCUT2D eigenvalue weighted by atomic mass is 32.2. The fourth-order valence-corrected chi connectivity index (χ4v) is 6.08. The van der Waals surface area contributed by atoms with Gasteiger partial charge in [0.15, 0.2) is 5.12 Å². The zero-order valence-electron chi connectivity index (χ0n) is 21.4. The molecule has 0 aromatic heterocycles. The number of amides is 1. The van der Waals surface area contributed by atoms with Crippen LogP contribution in [-0.2, 0) is 20.8 Å². The van der Waals surface area contributed by atoms with Gasteiger partial charge < -0.3 is 10.4 Å². The number of carboxylic acid groups (broad SMARTS) is 1. The number of carbonyl (C=O) groups is 3. The summed E-state index contributed by atoms with van der Waals surface area (Å²) < 4.78 is 0. The van der Waals surface area contributed by atoms with Gasteiger partial charge in [-0.2, -0.15) is 0 Å². The van der Waals surface area contributed by atoms with Crippen LogP contribution in [-0.4, -0.2) is 46.0 Å². The molecule has 1 aromatic rings. The molecule has 1 aromatic carbocycles. The van der Waals surface area contributed by atoms with Crippen molar-refractivity contribution in [2.75, 3.05) is 10.7 Å². The maximum Gasteiger partial charge on any atom is 0.326 e. The van der Waals surface area contributed by atoms with E-state index in [1.165, 1.54) is 76.0 Å². The number of hydrogen-bond acceptors (Lipinski definition) is 5. The van der Waals surface area contributed by atoms with Gasteiger partial charge in [-0.1, -0.05) is 62.4 Å². The van der Waals surface area contributed by atoms with Gasteiger partial charge in [-0.3, -0.25) is 14.5 Å². The molecule has 6 nitrogen and oxygen atoms in total. The zero-order chi connectivity index (χ0) is 25.2. The Hall–Kier alpha value is -1.86. The normalized spacial score (nSPS) is 21.0. The van der Waals surface area contributed by atoms with Gasteiger partial charge >= 0.3 is 5.97 Å². The van der Waals surface area contributed by atoms with Crippen LogP contribution in [0.4, 0.5) is 5.69 Å². The van der Waals surface area contributed by atoms with E-state index in [0.29, 0.717) is 24.3 Å². The van der Waals surface area contributed by atoms with Crippen molar-refractivity contribution >= 4 is 34.4 Å². The summed E-state index contributed by atoms with van der Waals surface area (Å²) in [5.41, 5.74) is 2.67. The lowest BCUT2D eigenvalue weighted by atomic mass is 9.91. The molecular formula is C28H42N2O4S. The second kappa shape index (κ2) is 14.0. The summed E-state index contributed by atoms with van der Waals surface area (Å²) in [6, 6.07) is 6.69. The first-order chi connectivity index (χ1) is 16.8. The van der Waals surface area contributed by atoms with E-state index in [2.05, 4.69) is 5.32 Å². The van der Waals surface area contributed by atoms with Crippen molar-refractivity contribution in [2.24, 2.45) is 0 Å². The molecule has 0 radical (unpaired) electrons. The molecule has 1 atom stereocenters. The quantitative estimate of drug-likeness (QED) is 0.524. The summed E-state index contributed by atoms with van der Waals surface area (Å²) in [7, 11) is 0. The Labute approximate surface area is 214 Å². The van der Waals surface area contributed by atoms with Crippen LogP contribution in [0.5, 0.6) is 0 Å². The Kier molecular flexibility index (Phi) is 11.1. The molecule has 4 rings (SSSR count). The van der Waals surface area contributed by atoms with Crippen molar-refractivity contribution < 1.29 is 19.5 Å². The molecule has 35 heavy (non-hydrogen) atoms. The van der Waals surface area contributed by atoms with Gasteiger partial charge in [-0.25, -0.2) is 4.79 Å². The monoisotopic (exact) mass is 502 g/mol. The maximum atomic E-state index is 12.5. The predicted molar refractivity (Wildman–Crippen MR) is 143 cm³/mol. The molecule has 1 heterocycles. The van der Waals surface area contributed by atoms with Gasteiger partial charge in [0.05, 0.1) is 0 Å². The van der Waals surface area contributed by atoms with Gasteiger partial charge in [-0.15, -0.1) is 0 Å². The van der Waals surface area contributed by atoms with E-state index in [0.717, 1.165) is 35.0 Å². The minimum atomic E-state index is -0.986. The molecule has 2 N–H and O–H groups in total. The predicted octanol–water partition coefficient (Wildman–Crippen LogP) is 5.64. The summed E-state index contributed by atoms with van der Waals surface area (Å²) >= 11 is 1.08. The number of benzene rings is 1. The molecule has 1 aliphatic heterocycles. The largest absolute Gasteiger partial charge is 0.480 e. The van der Waals surface area contributed by atoms with Crippen LogP contribution in [0.15, 0.2) is 18.2 Å². The fraction of sp³-hybridized carbons (Fsp3) is 0.679. The van der Waals surface area contributed by atoms with Gasteiger partial charge in [0.25, 0.3) is 0 Å². The Bertz CT molecular complexity index is 847. The SMILES string of the molecule is C1CCC(NC2CCCCC2)CC1.CC(=O)SCCC(=O)N1c2cc(C)ccc2CCC1C(=O)O. The van der Waals surface area contributed by atoms with E-state index in [9.17, 15) is 19.5 Å². The number of carbonyl (C=O) groups excluding carboxylic acids is 2. The van der Waals surface area contributed by atoms with Crippen LogP contribution in [0.1, 0.15) is 95.1 Å². The number of aliphatic carboxylic acids is 1. The molecule has 0 bridgehead atoms. The van der Waals surface area contributed by atoms with Crippen molar-refractivity contribution in [2.45, 2.75) is 115 Å². The molecule has 7 heteroatoms. The van der Waals surface area contributed by atoms with Crippen LogP contribution >= 0.6 is 11.8 Å². The molecule has 0 spiro atoms. The number of nitrogens with zero attached hydrogens (tertiary/aromatic N) is 1. The Morgan fingerprint density at radius 2 is 1.57 bits per heavy atom. The van der Waals surface area contributed by atoms with Gasteiger partial charge in [0.1, 0.15) is 6.04 Å². The fourth-order valence-electron chi connectivity index (χ4n) is 5.52. The summed E-state index contributed by atoms with van der Waals surface area (Å²) in [5.74, 6) is -0.856. The Balaban J connectivity index is 0.000000223. The van der Waals surface area contributed by atoms with Crippen molar-refractivity contribution in [1.82, 2.24) is 5.32 Å². The van der Waals surface area contributed by atoms with Gasteiger partial charge in [-0.05, 0) is 62.6 Å². The highest BCUT2D eigenvalue weighted by Crippen LogP contribution is 2.32. The lowest BCUT2D eigenvalue weighted by molar-refractivity contribution is -0.140. The topological polar surface area (TPSA) is 86.7 Å². The lowest BCUT2D eigenvalue weighted by Crippen LogP contribution is -2.48. The van der Waals surface area contributed by atoms with Crippen molar-refractivity contribution in [3.8, 4) is 0 Å². The standard InChI is InChI=1S/C16H19NO4S.C12H23N/c1-10-3-4-12-5-6-13(16(20)21)17(14(12)9-10)15(19)7-8-22-11(2)18;1-3-7-11(8-4-1)13-12-9-5-2-6-10-12/h3-4,9,13H,5-8H2,1-2H3,(H,20,21);11-13H,1-10H2. The maximum absolute atomic E-state index is 12.5. The number of fused-ring (bicyclic) bond motifs is 1. The van der Waals surface area contributed by atoms with E-state index >= 15 is 0 Å². The van der Waals surface area contributed by atoms with Crippen LogP contribution in [0, 0.1) is 6.92 Å². The van der Waals surface area contributed by atoms with Crippen molar-refractivity contribution in [3.05, 3.63) is 29.3 Å². The van der Waals surface area contributed by atoms with Gasteiger partial charge in [0.2, 0.25) is 5.91 Å². The van der Waals surface area contributed by atoms with Crippen molar-refractivity contribution in [3.63, 3.8) is 0 Å². The second-order valence-electron chi connectivity index (χ2n) is 10.2. The number of hydrogen-bond donors (Lipinski definition) is 2. The Morgan fingerprint density at radius 3 is 2.11 bits per heavy atom. The molecular weight excluding hydrogens is 460 g/mol. The zero-order valence-corrected chi connectivity index (χ0v) is 22.2. The minimum Gasteiger partial charge on any atom is -0.480 e. The number of thioether (sulfide) groups is 1. The van der Waals surface area contributed by atoms with E-state index in [1.54, 1.807) is 0 Å². The van der Waals surface area contributed by atoms with Crippen LogP contribution in [0.25, 0.3) is 0 Å². The number of nitrogens with one attached hydrogen (secondary N) is 1. The highest BCUT2D eigenvalue weighted by molar-refractivity contribution is 8.13. The van der Waals surface area contributed by atoms with E-state index in [4.69, 9.17) is 0 Å². The van der Waals surface area contributed by atoms with E-state index in [1.807, 2.05) is 25.1 Å². The number of rotatable bonds is 6. The highest BCUT2D eigenvalue weighted by Gasteiger charge is 2.35. The first-order valence-electron chi connectivity index (χ1n) is 13.4. The first-order valence-corrected chi connectivity index (χ1v) is 14.4. The number of carboxylic acids is 1. The smallest absolute Gasteiger partial charge is 0.326 e. The summed E-state index contributed by atoms with van der Waals surface area (Å²) in [5, 5.41) is 13.2. The third kappa shape index (κ3) is 8.64. The third-order valence-electron chi connectivity index (χ3n) is 7.36. The summed E-state index contributed by atoms with van der Waals surface area (Å²) in [6.45, 7) is 3.37. The second-order valence-corrected chi connectivity index (χ2v) is 11.5.